The normalized spacial score (nSPS) is 17.2. The number of hydrazine groups is 1. The second-order valence-corrected chi connectivity index (χ2v) is 4.63. The van der Waals surface area contributed by atoms with Crippen LogP contribution in [0.3, 0.4) is 0 Å². The number of nitrogens with two attached hydrogens (primary N) is 1. The summed E-state index contributed by atoms with van der Waals surface area (Å²) >= 11 is 6.24. The molecule has 1 heterocycles. The van der Waals surface area contributed by atoms with E-state index in [9.17, 15) is 0 Å². The van der Waals surface area contributed by atoms with E-state index in [1.54, 1.807) is 0 Å². The van der Waals surface area contributed by atoms with E-state index in [1.165, 1.54) is 0 Å². The molecule has 0 aromatic heterocycles. The van der Waals surface area contributed by atoms with Gasteiger partial charge in [0.15, 0.2) is 0 Å². The molecule has 0 radical (unpaired) electrons. The molecule has 92 valence electrons. The van der Waals surface area contributed by atoms with E-state index in [4.69, 9.17) is 22.2 Å². The maximum absolute atomic E-state index is 6.24. The van der Waals surface area contributed by atoms with Crippen molar-refractivity contribution in [1.29, 1.82) is 0 Å². The van der Waals surface area contributed by atoms with Crippen molar-refractivity contribution in [3.8, 4) is 0 Å². The van der Waals surface area contributed by atoms with Crippen LogP contribution >= 0.6 is 11.6 Å². The first-order valence-electron chi connectivity index (χ1n) is 5.77. The molecule has 0 amide bonds. The molecule has 0 saturated heterocycles. The molecule has 1 aromatic carbocycles. The summed E-state index contributed by atoms with van der Waals surface area (Å²) in [5.41, 5.74) is 4.85. The first-order chi connectivity index (χ1) is 8.22. The summed E-state index contributed by atoms with van der Waals surface area (Å²) in [6, 6.07) is 5.78. The van der Waals surface area contributed by atoms with Crippen molar-refractivity contribution in [2.45, 2.75) is 25.8 Å². The van der Waals surface area contributed by atoms with Gasteiger partial charge in [0, 0.05) is 5.02 Å². The Balaban J connectivity index is 2.31. The van der Waals surface area contributed by atoms with Gasteiger partial charge in [-0.1, -0.05) is 23.7 Å². The number of rotatable bonds is 3. The zero-order valence-corrected chi connectivity index (χ0v) is 10.6. The number of halogens is 1. The summed E-state index contributed by atoms with van der Waals surface area (Å²) in [7, 11) is 0. The first kappa shape index (κ1) is 12.4. The van der Waals surface area contributed by atoms with E-state index in [0.717, 1.165) is 36.3 Å². The average Bonchev–Trinajstić information content (AvgIpc) is 2.34. The lowest BCUT2D eigenvalue weighted by molar-refractivity contribution is 0.168. The number of ether oxygens (including phenoxy) is 1. The summed E-state index contributed by atoms with van der Waals surface area (Å²) in [5.74, 6) is 6.48. The van der Waals surface area contributed by atoms with Gasteiger partial charge in [-0.2, -0.15) is 0 Å². The molecule has 0 saturated carbocycles. The highest BCUT2D eigenvalue weighted by molar-refractivity contribution is 6.31. The second-order valence-electron chi connectivity index (χ2n) is 4.22. The summed E-state index contributed by atoms with van der Waals surface area (Å²) in [5, 5.41) is 0.711. The molecule has 0 bridgehead atoms. The monoisotopic (exact) mass is 252 g/mol. The number of hydrogen-bond donors (Lipinski definition) is 2. The van der Waals surface area contributed by atoms with Crippen LogP contribution in [0.25, 0.3) is 0 Å². The van der Waals surface area contributed by atoms with E-state index in [0.29, 0.717) is 5.02 Å². The van der Waals surface area contributed by atoms with Crippen molar-refractivity contribution in [2.24, 2.45) is 5.84 Å². The highest BCUT2D eigenvalue weighted by atomic mass is 35.5. The van der Waals surface area contributed by atoms with Crippen molar-refractivity contribution in [3.05, 3.63) is 46.2 Å². The highest BCUT2D eigenvalue weighted by Gasteiger charge is 2.20. The molecule has 3 nitrogen and oxygen atoms in total. The highest BCUT2D eigenvalue weighted by Crippen LogP contribution is 2.30. The quantitative estimate of drug-likeness (QED) is 0.642. The minimum atomic E-state index is -0.164. The fraction of sp³-hybridized carbons (Fsp3) is 0.385. The molecular weight excluding hydrogens is 236 g/mol. The molecule has 0 spiro atoms. The fourth-order valence-electron chi connectivity index (χ4n) is 1.97. The Kier molecular flexibility index (Phi) is 4.05. The molecule has 1 atom stereocenters. The van der Waals surface area contributed by atoms with Crippen LogP contribution < -0.4 is 11.3 Å². The van der Waals surface area contributed by atoms with Gasteiger partial charge in [0.2, 0.25) is 0 Å². The molecule has 2 rings (SSSR count). The number of nitrogens with one attached hydrogen (secondary N) is 1. The van der Waals surface area contributed by atoms with Crippen molar-refractivity contribution < 1.29 is 4.74 Å². The van der Waals surface area contributed by atoms with Gasteiger partial charge in [0.25, 0.3) is 0 Å². The zero-order chi connectivity index (χ0) is 12.3. The van der Waals surface area contributed by atoms with Gasteiger partial charge in [0.05, 0.1) is 6.61 Å². The Morgan fingerprint density at radius 3 is 2.88 bits per heavy atom. The Morgan fingerprint density at radius 1 is 1.47 bits per heavy atom. The summed E-state index contributed by atoms with van der Waals surface area (Å²) < 4.78 is 5.63. The van der Waals surface area contributed by atoms with E-state index in [-0.39, 0.29) is 6.04 Å². The SMILES string of the molecule is Cc1ccc(C(NN)C2=CCCCO2)c(Cl)c1. The van der Waals surface area contributed by atoms with Gasteiger partial charge < -0.3 is 4.74 Å². The van der Waals surface area contributed by atoms with Gasteiger partial charge in [-0.25, -0.2) is 5.43 Å². The van der Waals surface area contributed by atoms with Crippen molar-refractivity contribution >= 4 is 11.6 Å². The van der Waals surface area contributed by atoms with E-state index in [2.05, 4.69) is 11.5 Å². The third-order valence-electron chi connectivity index (χ3n) is 2.88. The standard InChI is InChI=1S/C13H17ClN2O/c1-9-5-6-10(11(14)8-9)13(16-15)12-4-2-3-7-17-12/h4-6,8,13,16H,2-3,7,15H2,1H3. The topological polar surface area (TPSA) is 47.3 Å². The Labute approximate surface area is 107 Å². The Bertz CT molecular complexity index is 431. The Hall–Kier alpha value is -1.03. The van der Waals surface area contributed by atoms with Crippen molar-refractivity contribution in [3.63, 3.8) is 0 Å². The van der Waals surface area contributed by atoms with Gasteiger partial charge in [-0.3, -0.25) is 5.84 Å². The molecule has 17 heavy (non-hydrogen) atoms. The van der Waals surface area contributed by atoms with Crippen LogP contribution in [0.4, 0.5) is 0 Å². The molecule has 1 unspecified atom stereocenters. The third kappa shape index (κ3) is 2.80. The summed E-state index contributed by atoms with van der Waals surface area (Å²) in [6.07, 6.45) is 4.16. The van der Waals surface area contributed by atoms with Crippen LogP contribution in [0.15, 0.2) is 30.0 Å². The lowest BCUT2D eigenvalue weighted by atomic mass is 10.0. The van der Waals surface area contributed by atoms with E-state index in [1.807, 2.05) is 25.1 Å². The van der Waals surface area contributed by atoms with Crippen LogP contribution in [-0.4, -0.2) is 6.61 Å². The number of benzene rings is 1. The Morgan fingerprint density at radius 2 is 2.29 bits per heavy atom. The molecule has 1 aliphatic heterocycles. The van der Waals surface area contributed by atoms with Crippen molar-refractivity contribution in [2.75, 3.05) is 6.61 Å². The van der Waals surface area contributed by atoms with Crippen LogP contribution in [0.2, 0.25) is 5.02 Å². The maximum atomic E-state index is 6.24. The summed E-state index contributed by atoms with van der Waals surface area (Å²) in [4.78, 5) is 0. The van der Waals surface area contributed by atoms with Gasteiger partial charge in [0.1, 0.15) is 11.8 Å². The molecule has 1 aromatic rings. The fourth-order valence-corrected chi connectivity index (χ4v) is 2.31. The van der Waals surface area contributed by atoms with E-state index < -0.39 is 0 Å². The number of hydrogen-bond acceptors (Lipinski definition) is 3. The molecule has 0 fully saturated rings. The van der Waals surface area contributed by atoms with Crippen LogP contribution in [0, 0.1) is 6.92 Å². The lowest BCUT2D eigenvalue weighted by Crippen LogP contribution is -2.31. The maximum Gasteiger partial charge on any atom is 0.115 e. The smallest absolute Gasteiger partial charge is 0.115 e. The van der Waals surface area contributed by atoms with Crippen molar-refractivity contribution in [1.82, 2.24) is 5.43 Å². The molecule has 3 N–H and O–H groups in total. The van der Waals surface area contributed by atoms with Gasteiger partial charge in [-0.05, 0) is 43.0 Å². The predicted octanol–water partition coefficient (Wildman–Crippen LogP) is 2.85. The van der Waals surface area contributed by atoms with Crippen LogP contribution in [0.1, 0.15) is 30.0 Å². The molecular formula is C13H17ClN2O. The second kappa shape index (κ2) is 5.54. The number of aryl methyl sites for hydroxylation is 1. The number of allylic oxidation sites excluding steroid dienone is 1. The summed E-state index contributed by atoms with van der Waals surface area (Å²) in [6.45, 7) is 2.75. The zero-order valence-electron chi connectivity index (χ0n) is 9.87. The van der Waals surface area contributed by atoms with Gasteiger partial charge >= 0.3 is 0 Å². The largest absolute Gasteiger partial charge is 0.496 e. The van der Waals surface area contributed by atoms with Crippen LogP contribution in [-0.2, 0) is 4.74 Å². The van der Waals surface area contributed by atoms with Crippen LogP contribution in [0.5, 0.6) is 0 Å². The minimum absolute atomic E-state index is 0.164. The van der Waals surface area contributed by atoms with E-state index >= 15 is 0 Å². The third-order valence-corrected chi connectivity index (χ3v) is 3.21. The molecule has 4 heteroatoms. The average molecular weight is 253 g/mol. The predicted molar refractivity (Wildman–Crippen MR) is 69.5 cm³/mol. The molecule has 0 aliphatic carbocycles. The first-order valence-corrected chi connectivity index (χ1v) is 6.15. The lowest BCUT2D eigenvalue weighted by Gasteiger charge is -2.24. The van der Waals surface area contributed by atoms with Gasteiger partial charge in [-0.15, -0.1) is 0 Å². The minimum Gasteiger partial charge on any atom is -0.496 e. The molecule has 1 aliphatic rings.